The van der Waals surface area contributed by atoms with Gasteiger partial charge in [0.25, 0.3) is 0 Å². The fourth-order valence-electron chi connectivity index (χ4n) is 4.74. The number of fused-ring (bicyclic) bond motifs is 1. The molecule has 32 heavy (non-hydrogen) atoms. The molecule has 4 rings (SSSR count). The Hall–Kier alpha value is -2.58. The Kier molecular flexibility index (Phi) is 6.44. The molecule has 1 aromatic heterocycles. The third-order valence-electron chi connectivity index (χ3n) is 6.47. The predicted molar refractivity (Wildman–Crippen MR) is 118 cm³/mol. The number of aliphatic hydroxyl groups is 1. The minimum Gasteiger partial charge on any atom is -0.495 e. The highest BCUT2D eigenvalue weighted by molar-refractivity contribution is 5.78. The van der Waals surface area contributed by atoms with E-state index in [4.69, 9.17) is 9.84 Å². The molecule has 1 saturated heterocycles. The van der Waals surface area contributed by atoms with Crippen LogP contribution in [0, 0.1) is 5.92 Å². The Morgan fingerprint density at radius 3 is 2.62 bits per heavy atom. The topological polar surface area (TPSA) is 48.8 Å². The number of aliphatic hydroxyl groups excluding tert-OH is 1. The molecule has 1 aliphatic heterocycles. The molecule has 172 valence electrons. The van der Waals surface area contributed by atoms with Crippen molar-refractivity contribution in [1.29, 1.82) is 0 Å². The summed E-state index contributed by atoms with van der Waals surface area (Å²) in [4.78, 5) is 8.53. The van der Waals surface area contributed by atoms with Gasteiger partial charge in [-0.3, -0.25) is 9.88 Å². The maximum atomic E-state index is 13.4. The maximum Gasteiger partial charge on any atom is 0.418 e. The minimum absolute atomic E-state index is 0.0612. The summed E-state index contributed by atoms with van der Waals surface area (Å²) < 4.78 is 45.9. The molecule has 1 unspecified atom stereocenters. The smallest absolute Gasteiger partial charge is 0.418 e. The van der Waals surface area contributed by atoms with Gasteiger partial charge in [0.2, 0.25) is 0 Å². The van der Waals surface area contributed by atoms with Gasteiger partial charge in [0.05, 0.1) is 30.7 Å². The standard InChI is InChI=1S/C24H28F3N3O2/c1-16-17(13-21-20(24(25,26)27)4-3-5-28-21)12-18-14-22(23(32-2)15-19(16)18)30-8-6-29(7-9-30)10-11-31/h3-5,14-15,17,31H,1,6-13H2,2H3. The molecule has 8 heteroatoms. The number of aromatic nitrogens is 1. The highest BCUT2D eigenvalue weighted by atomic mass is 19.4. The fourth-order valence-corrected chi connectivity index (χ4v) is 4.74. The van der Waals surface area contributed by atoms with Crippen LogP contribution < -0.4 is 9.64 Å². The summed E-state index contributed by atoms with van der Waals surface area (Å²) in [6.45, 7) is 8.38. The molecule has 1 atom stereocenters. The summed E-state index contributed by atoms with van der Waals surface area (Å²) in [6.07, 6.45) is -2.19. The second-order valence-electron chi connectivity index (χ2n) is 8.36. The van der Waals surface area contributed by atoms with E-state index in [9.17, 15) is 13.2 Å². The van der Waals surface area contributed by atoms with Crippen molar-refractivity contribution in [3.05, 3.63) is 59.4 Å². The lowest BCUT2D eigenvalue weighted by atomic mass is 9.94. The van der Waals surface area contributed by atoms with Gasteiger partial charge in [-0.2, -0.15) is 13.2 Å². The molecule has 1 aromatic carbocycles. The normalized spacial score (nSPS) is 19.3. The second-order valence-corrected chi connectivity index (χ2v) is 8.36. The van der Waals surface area contributed by atoms with Gasteiger partial charge in [0, 0.05) is 38.9 Å². The monoisotopic (exact) mass is 447 g/mol. The Morgan fingerprint density at radius 1 is 1.22 bits per heavy atom. The van der Waals surface area contributed by atoms with Crippen molar-refractivity contribution >= 4 is 11.3 Å². The number of piperazine rings is 1. The molecule has 1 aliphatic carbocycles. The van der Waals surface area contributed by atoms with Crippen LogP contribution in [0.5, 0.6) is 5.75 Å². The van der Waals surface area contributed by atoms with Crippen LogP contribution in [-0.2, 0) is 19.0 Å². The Bertz CT molecular complexity index is 985. The summed E-state index contributed by atoms with van der Waals surface area (Å²) >= 11 is 0. The summed E-state index contributed by atoms with van der Waals surface area (Å²) in [6, 6.07) is 6.48. The van der Waals surface area contributed by atoms with Crippen molar-refractivity contribution in [3.63, 3.8) is 0 Å². The Balaban J connectivity index is 1.56. The van der Waals surface area contributed by atoms with Crippen LogP contribution in [0.1, 0.15) is 22.4 Å². The number of hydrogen-bond acceptors (Lipinski definition) is 5. The van der Waals surface area contributed by atoms with E-state index in [2.05, 4.69) is 27.4 Å². The zero-order chi connectivity index (χ0) is 22.9. The van der Waals surface area contributed by atoms with Crippen molar-refractivity contribution in [2.75, 3.05) is 51.3 Å². The number of ether oxygens (including phenoxy) is 1. The number of alkyl halides is 3. The van der Waals surface area contributed by atoms with E-state index in [-0.39, 0.29) is 24.6 Å². The molecule has 0 radical (unpaired) electrons. The average molecular weight is 448 g/mol. The number of allylic oxidation sites excluding steroid dienone is 1. The number of pyridine rings is 1. The summed E-state index contributed by atoms with van der Waals surface area (Å²) in [5, 5.41) is 9.16. The van der Waals surface area contributed by atoms with Crippen LogP contribution in [-0.4, -0.2) is 61.4 Å². The minimum atomic E-state index is -4.43. The highest BCUT2D eigenvalue weighted by Gasteiger charge is 2.36. The van der Waals surface area contributed by atoms with Crippen molar-refractivity contribution in [1.82, 2.24) is 9.88 Å². The highest BCUT2D eigenvalue weighted by Crippen LogP contribution is 2.44. The third kappa shape index (κ3) is 4.47. The Labute approximate surface area is 186 Å². The zero-order valence-electron chi connectivity index (χ0n) is 18.2. The predicted octanol–water partition coefficient (Wildman–Crippen LogP) is 3.65. The molecule has 2 aliphatic rings. The molecule has 0 amide bonds. The van der Waals surface area contributed by atoms with Gasteiger partial charge in [0.15, 0.2) is 0 Å². The number of halogens is 3. The van der Waals surface area contributed by atoms with Crippen molar-refractivity contribution < 1.29 is 23.0 Å². The Morgan fingerprint density at radius 2 is 1.97 bits per heavy atom. The van der Waals surface area contributed by atoms with E-state index in [1.807, 2.05) is 6.07 Å². The van der Waals surface area contributed by atoms with E-state index in [0.717, 1.165) is 60.4 Å². The number of methoxy groups -OCH3 is 1. The van der Waals surface area contributed by atoms with Gasteiger partial charge in [0.1, 0.15) is 5.75 Å². The van der Waals surface area contributed by atoms with Crippen LogP contribution in [0.2, 0.25) is 0 Å². The van der Waals surface area contributed by atoms with Gasteiger partial charge in [-0.25, -0.2) is 0 Å². The van der Waals surface area contributed by atoms with Crippen LogP contribution in [0.3, 0.4) is 0 Å². The number of hydrogen-bond donors (Lipinski definition) is 1. The van der Waals surface area contributed by atoms with Crippen molar-refractivity contribution in [2.24, 2.45) is 5.92 Å². The second kappa shape index (κ2) is 9.11. The summed E-state index contributed by atoms with van der Waals surface area (Å²) in [5.41, 5.74) is 3.25. The van der Waals surface area contributed by atoms with E-state index >= 15 is 0 Å². The largest absolute Gasteiger partial charge is 0.495 e. The fraction of sp³-hybridized carbons (Fsp3) is 0.458. The summed E-state index contributed by atoms with van der Waals surface area (Å²) in [7, 11) is 1.63. The lowest BCUT2D eigenvalue weighted by molar-refractivity contribution is -0.138. The van der Waals surface area contributed by atoms with Crippen LogP contribution in [0.25, 0.3) is 5.57 Å². The number of β-amino-alcohol motifs (C(OH)–C–C–N with tert-alkyl or cyclic N) is 1. The van der Waals surface area contributed by atoms with Gasteiger partial charge in [-0.15, -0.1) is 0 Å². The number of nitrogens with zero attached hydrogens (tertiary/aromatic N) is 3. The first-order valence-electron chi connectivity index (χ1n) is 10.8. The van der Waals surface area contributed by atoms with Crippen LogP contribution in [0.15, 0.2) is 37.0 Å². The summed E-state index contributed by atoms with van der Waals surface area (Å²) in [5.74, 6) is 0.609. The number of benzene rings is 1. The zero-order valence-corrected chi connectivity index (χ0v) is 18.2. The van der Waals surface area contributed by atoms with E-state index < -0.39 is 11.7 Å². The molecule has 2 heterocycles. The molecule has 5 nitrogen and oxygen atoms in total. The first-order chi connectivity index (χ1) is 15.3. The molecule has 2 aromatic rings. The molecule has 0 spiro atoms. The first kappa shape index (κ1) is 22.6. The lowest BCUT2D eigenvalue weighted by Gasteiger charge is -2.36. The average Bonchev–Trinajstić information content (AvgIpc) is 3.07. The van der Waals surface area contributed by atoms with E-state index in [1.54, 1.807) is 7.11 Å². The molecule has 0 bridgehead atoms. The maximum absolute atomic E-state index is 13.4. The van der Waals surface area contributed by atoms with E-state index in [0.29, 0.717) is 13.0 Å². The number of anilines is 1. The van der Waals surface area contributed by atoms with Gasteiger partial charge >= 0.3 is 6.18 Å². The van der Waals surface area contributed by atoms with Gasteiger partial charge in [-0.05, 0) is 59.7 Å². The first-order valence-corrected chi connectivity index (χ1v) is 10.8. The quantitative estimate of drug-likeness (QED) is 0.733. The van der Waals surface area contributed by atoms with Gasteiger partial charge in [-0.1, -0.05) is 6.58 Å². The number of rotatable bonds is 6. The molecule has 0 saturated carbocycles. The molecule has 1 N–H and O–H groups in total. The van der Waals surface area contributed by atoms with Crippen molar-refractivity contribution in [2.45, 2.75) is 19.0 Å². The molecular weight excluding hydrogens is 419 g/mol. The molecular formula is C24H28F3N3O2. The van der Waals surface area contributed by atoms with Crippen molar-refractivity contribution in [3.8, 4) is 5.75 Å². The van der Waals surface area contributed by atoms with Gasteiger partial charge < -0.3 is 14.7 Å². The molecule has 1 fully saturated rings. The van der Waals surface area contributed by atoms with Crippen LogP contribution in [0.4, 0.5) is 18.9 Å². The van der Waals surface area contributed by atoms with E-state index in [1.165, 1.54) is 12.3 Å². The SMILES string of the molecule is C=C1c2cc(OC)c(N3CCN(CCO)CC3)cc2CC1Cc1ncccc1C(F)(F)F. The lowest BCUT2D eigenvalue weighted by Crippen LogP contribution is -2.47. The third-order valence-corrected chi connectivity index (χ3v) is 6.47. The van der Waals surface area contributed by atoms with Crippen LogP contribution >= 0.6 is 0 Å².